The van der Waals surface area contributed by atoms with Gasteiger partial charge in [-0.05, 0) is 30.7 Å². The predicted octanol–water partition coefficient (Wildman–Crippen LogP) is 4.18. The van der Waals surface area contributed by atoms with Gasteiger partial charge in [0.1, 0.15) is 5.75 Å². The van der Waals surface area contributed by atoms with Crippen LogP contribution in [0.1, 0.15) is 13.3 Å². The van der Waals surface area contributed by atoms with Crippen molar-refractivity contribution in [3.8, 4) is 5.75 Å². The van der Waals surface area contributed by atoms with Crippen LogP contribution in [0.5, 0.6) is 5.75 Å². The topological polar surface area (TPSA) is 22.1 Å². The van der Waals surface area contributed by atoms with Gasteiger partial charge in [0.15, 0.2) is 0 Å². The lowest BCUT2D eigenvalue weighted by molar-refractivity contribution is 0.324. The van der Waals surface area contributed by atoms with Crippen LogP contribution in [0.3, 0.4) is 0 Å². The molecule has 0 aliphatic heterocycles. The number of hydrogen-bond acceptors (Lipinski definition) is 2. The summed E-state index contributed by atoms with van der Waals surface area (Å²) in [7, 11) is 0. The number of rotatable bonds is 3. The summed E-state index contributed by atoms with van der Waals surface area (Å²) in [6.07, 6.45) is 1.00. The maximum absolute atomic E-state index is 5.94. The van der Waals surface area contributed by atoms with Crippen molar-refractivity contribution in [3.05, 3.63) is 48.5 Å². The lowest BCUT2D eigenvalue weighted by Crippen LogP contribution is -1.97. The van der Waals surface area contributed by atoms with E-state index in [1.165, 1.54) is 0 Å². The minimum absolute atomic E-state index is 0.734. The molecule has 18 heavy (non-hydrogen) atoms. The molecule has 3 rings (SSSR count). The molecule has 0 aliphatic carbocycles. The molecule has 2 nitrogen and oxygen atoms in total. The van der Waals surface area contributed by atoms with E-state index in [1.807, 2.05) is 36.4 Å². The zero-order valence-electron chi connectivity index (χ0n) is 10.4. The van der Waals surface area contributed by atoms with E-state index < -0.39 is 0 Å². The molecule has 0 radical (unpaired) electrons. The Labute approximate surface area is 106 Å². The summed E-state index contributed by atoms with van der Waals surface area (Å²) in [5, 5.41) is 2.18. The maximum atomic E-state index is 5.94. The number of benzene rings is 2. The molecule has 0 aliphatic rings. The van der Waals surface area contributed by atoms with E-state index in [9.17, 15) is 0 Å². The van der Waals surface area contributed by atoms with Crippen LogP contribution in [-0.2, 0) is 0 Å². The fourth-order valence-corrected chi connectivity index (χ4v) is 2.16. The van der Waals surface area contributed by atoms with E-state index in [0.717, 1.165) is 40.6 Å². The Balaban J connectivity index is 2.34. The van der Waals surface area contributed by atoms with Gasteiger partial charge in [0.25, 0.3) is 0 Å². The molecule has 0 atom stereocenters. The highest BCUT2D eigenvalue weighted by molar-refractivity contribution is 6.00. The van der Waals surface area contributed by atoms with Gasteiger partial charge in [-0.2, -0.15) is 0 Å². The fourth-order valence-electron chi connectivity index (χ4n) is 2.16. The molecule has 90 valence electrons. The van der Waals surface area contributed by atoms with Gasteiger partial charge in [0.05, 0.1) is 17.6 Å². The molecule has 0 saturated heterocycles. The second-order valence-corrected chi connectivity index (χ2v) is 4.32. The number of ether oxygens (including phenoxy) is 1. The first-order chi connectivity index (χ1) is 8.90. The monoisotopic (exact) mass is 237 g/mol. The summed E-state index contributed by atoms with van der Waals surface area (Å²) in [5.41, 5.74) is 1.98. The van der Waals surface area contributed by atoms with E-state index in [-0.39, 0.29) is 0 Å². The number of para-hydroxylation sites is 2. The maximum Gasteiger partial charge on any atom is 0.138 e. The third-order valence-corrected chi connectivity index (χ3v) is 2.99. The van der Waals surface area contributed by atoms with Crippen molar-refractivity contribution in [1.82, 2.24) is 4.98 Å². The summed E-state index contributed by atoms with van der Waals surface area (Å²) >= 11 is 0. The Morgan fingerprint density at radius 1 is 0.889 bits per heavy atom. The average molecular weight is 237 g/mol. The molecule has 1 heterocycles. The quantitative estimate of drug-likeness (QED) is 0.637. The number of pyridine rings is 1. The molecule has 2 heteroatoms. The summed E-state index contributed by atoms with van der Waals surface area (Å²) in [4.78, 5) is 4.67. The summed E-state index contributed by atoms with van der Waals surface area (Å²) < 4.78 is 5.94. The van der Waals surface area contributed by atoms with Gasteiger partial charge in [-0.15, -0.1) is 0 Å². The van der Waals surface area contributed by atoms with Gasteiger partial charge < -0.3 is 4.74 Å². The van der Waals surface area contributed by atoms with Crippen LogP contribution < -0.4 is 4.74 Å². The van der Waals surface area contributed by atoms with E-state index in [4.69, 9.17) is 4.74 Å². The Kier molecular flexibility index (Phi) is 2.85. The molecule has 0 fully saturated rings. The van der Waals surface area contributed by atoms with Crippen molar-refractivity contribution in [2.75, 3.05) is 6.61 Å². The minimum atomic E-state index is 0.734. The molecule has 3 aromatic rings. The molecular formula is C16H15NO. The van der Waals surface area contributed by atoms with Crippen molar-refractivity contribution in [2.24, 2.45) is 0 Å². The Morgan fingerprint density at radius 2 is 1.44 bits per heavy atom. The molecular weight excluding hydrogens is 222 g/mol. The number of fused-ring (bicyclic) bond motifs is 2. The van der Waals surface area contributed by atoms with Crippen molar-refractivity contribution in [1.29, 1.82) is 0 Å². The second-order valence-electron chi connectivity index (χ2n) is 4.32. The minimum Gasteiger partial charge on any atom is -0.492 e. The zero-order valence-corrected chi connectivity index (χ0v) is 10.4. The summed E-state index contributed by atoms with van der Waals surface area (Å²) in [5.74, 6) is 0.957. The first-order valence-electron chi connectivity index (χ1n) is 6.30. The molecule has 0 unspecified atom stereocenters. The van der Waals surface area contributed by atoms with E-state index >= 15 is 0 Å². The third-order valence-electron chi connectivity index (χ3n) is 2.99. The third kappa shape index (κ3) is 1.80. The SMILES string of the molecule is CCCOc1c2ccccc2nc2ccccc12. The van der Waals surface area contributed by atoms with Gasteiger partial charge >= 0.3 is 0 Å². The van der Waals surface area contributed by atoms with Crippen LogP contribution >= 0.6 is 0 Å². The molecule has 0 amide bonds. The summed E-state index contributed by atoms with van der Waals surface area (Å²) in [6.45, 7) is 2.85. The molecule has 2 aromatic carbocycles. The van der Waals surface area contributed by atoms with Gasteiger partial charge in [0.2, 0.25) is 0 Å². The first kappa shape index (κ1) is 11.0. The molecule has 0 saturated carbocycles. The highest BCUT2D eigenvalue weighted by Gasteiger charge is 2.08. The summed E-state index contributed by atoms with van der Waals surface area (Å²) in [6, 6.07) is 16.3. The van der Waals surface area contributed by atoms with Crippen LogP contribution in [0.4, 0.5) is 0 Å². The van der Waals surface area contributed by atoms with Crippen LogP contribution in [0.25, 0.3) is 21.8 Å². The Bertz CT molecular complexity index is 637. The fraction of sp³-hybridized carbons (Fsp3) is 0.188. The van der Waals surface area contributed by atoms with Gasteiger partial charge in [-0.1, -0.05) is 31.2 Å². The highest BCUT2D eigenvalue weighted by Crippen LogP contribution is 2.32. The van der Waals surface area contributed by atoms with E-state index in [2.05, 4.69) is 24.0 Å². The van der Waals surface area contributed by atoms with Crippen molar-refractivity contribution < 1.29 is 4.74 Å². The Hall–Kier alpha value is -2.09. The van der Waals surface area contributed by atoms with Crippen molar-refractivity contribution >= 4 is 21.8 Å². The van der Waals surface area contributed by atoms with Crippen LogP contribution in [-0.4, -0.2) is 11.6 Å². The van der Waals surface area contributed by atoms with Crippen LogP contribution in [0, 0.1) is 0 Å². The molecule has 0 N–H and O–H groups in total. The average Bonchev–Trinajstić information content (AvgIpc) is 2.43. The lowest BCUT2D eigenvalue weighted by atomic mass is 10.1. The van der Waals surface area contributed by atoms with Crippen molar-refractivity contribution in [3.63, 3.8) is 0 Å². The number of aromatic nitrogens is 1. The largest absolute Gasteiger partial charge is 0.492 e. The van der Waals surface area contributed by atoms with Crippen LogP contribution in [0.15, 0.2) is 48.5 Å². The standard InChI is InChI=1S/C16H15NO/c1-2-11-18-16-12-7-3-5-9-14(12)17-15-10-6-4-8-13(15)16/h3-10H,2,11H2,1H3. The lowest BCUT2D eigenvalue weighted by Gasteiger charge is -2.11. The van der Waals surface area contributed by atoms with Crippen molar-refractivity contribution in [2.45, 2.75) is 13.3 Å². The number of nitrogens with zero attached hydrogens (tertiary/aromatic N) is 1. The molecule has 1 aromatic heterocycles. The van der Waals surface area contributed by atoms with E-state index in [0.29, 0.717) is 0 Å². The highest BCUT2D eigenvalue weighted by atomic mass is 16.5. The second kappa shape index (κ2) is 4.65. The van der Waals surface area contributed by atoms with Crippen LogP contribution in [0.2, 0.25) is 0 Å². The first-order valence-corrected chi connectivity index (χ1v) is 6.30. The predicted molar refractivity (Wildman–Crippen MR) is 75.0 cm³/mol. The van der Waals surface area contributed by atoms with Gasteiger partial charge in [0, 0.05) is 10.8 Å². The normalized spacial score (nSPS) is 10.9. The van der Waals surface area contributed by atoms with E-state index in [1.54, 1.807) is 0 Å². The smallest absolute Gasteiger partial charge is 0.138 e. The zero-order chi connectivity index (χ0) is 12.4. The molecule has 0 spiro atoms. The van der Waals surface area contributed by atoms with Gasteiger partial charge in [-0.25, -0.2) is 4.98 Å². The molecule has 0 bridgehead atoms. The van der Waals surface area contributed by atoms with Gasteiger partial charge in [-0.3, -0.25) is 0 Å². The Morgan fingerprint density at radius 3 is 2.00 bits per heavy atom. The number of hydrogen-bond donors (Lipinski definition) is 0.